The Morgan fingerprint density at radius 3 is 2.69 bits per heavy atom. The van der Waals surface area contributed by atoms with Crippen LogP contribution in [0.1, 0.15) is 48.7 Å². The van der Waals surface area contributed by atoms with Crippen LogP contribution in [0.25, 0.3) is 22.3 Å². The molecule has 0 N–H and O–H groups in total. The molecule has 6 rings (SSSR count). The molecule has 2 atom stereocenters. The van der Waals surface area contributed by atoms with Crippen molar-refractivity contribution in [3.8, 4) is 17.3 Å². The van der Waals surface area contributed by atoms with E-state index in [1.807, 2.05) is 28.9 Å². The molecule has 1 saturated carbocycles. The number of hydrogen-bond donors (Lipinski definition) is 0. The number of aromatic nitrogens is 5. The fourth-order valence-corrected chi connectivity index (χ4v) is 4.63. The van der Waals surface area contributed by atoms with Gasteiger partial charge in [-0.1, -0.05) is 0 Å². The van der Waals surface area contributed by atoms with Crippen LogP contribution in [0.15, 0.2) is 36.7 Å². The molecule has 8 nitrogen and oxygen atoms in total. The zero-order valence-electron chi connectivity index (χ0n) is 19.8. The zero-order chi connectivity index (χ0) is 25.0. The summed E-state index contributed by atoms with van der Waals surface area (Å²) in [6, 6.07) is 7.54. The van der Waals surface area contributed by atoms with E-state index in [1.165, 1.54) is 12.1 Å². The third-order valence-electron chi connectivity index (χ3n) is 6.63. The number of halogens is 2. The molecule has 10 heteroatoms. The van der Waals surface area contributed by atoms with Gasteiger partial charge in [-0.05, 0) is 44.9 Å². The van der Waals surface area contributed by atoms with E-state index in [9.17, 15) is 14.0 Å². The van der Waals surface area contributed by atoms with E-state index >= 15 is 0 Å². The van der Waals surface area contributed by atoms with Crippen molar-refractivity contribution in [1.29, 1.82) is 5.26 Å². The Hall–Kier alpha value is -3.97. The summed E-state index contributed by atoms with van der Waals surface area (Å²) < 4.78 is 36.8. The Balaban J connectivity index is 1.45. The highest BCUT2D eigenvalue weighted by atomic mass is 19.1. The van der Waals surface area contributed by atoms with Crippen molar-refractivity contribution < 1.29 is 13.5 Å². The zero-order valence-corrected chi connectivity index (χ0v) is 19.8. The van der Waals surface area contributed by atoms with Gasteiger partial charge < -0.3 is 9.64 Å². The Kier molecular flexibility index (Phi) is 5.38. The van der Waals surface area contributed by atoms with E-state index in [2.05, 4.69) is 16.2 Å². The molecule has 1 aliphatic carbocycles. The summed E-state index contributed by atoms with van der Waals surface area (Å²) in [7, 11) is 0. The van der Waals surface area contributed by atoms with Crippen LogP contribution >= 0.6 is 0 Å². The smallest absolute Gasteiger partial charge is 0.228 e. The summed E-state index contributed by atoms with van der Waals surface area (Å²) in [6.07, 6.45) is 5.81. The van der Waals surface area contributed by atoms with Gasteiger partial charge in [-0.25, -0.2) is 18.7 Å². The molecule has 3 aromatic heterocycles. The van der Waals surface area contributed by atoms with E-state index in [0.29, 0.717) is 47.4 Å². The van der Waals surface area contributed by atoms with Gasteiger partial charge in [-0.2, -0.15) is 15.3 Å². The van der Waals surface area contributed by atoms with Crippen LogP contribution in [-0.4, -0.2) is 43.9 Å². The maximum absolute atomic E-state index is 14.9. The molecular formula is C26H23F2N7O. The number of nitrogens with zero attached hydrogens (tertiary/aromatic N) is 7. The normalized spacial score (nSPS) is 20.0. The number of nitriles is 1. The first-order chi connectivity index (χ1) is 17.4. The van der Waals surface area contributed by atoms with Gasteiger partial charge in [-0.3, -0.25) is 4.68 Å². The standard InChI is InChI=1S/C26H23F2N7O/c1-14-11-34(13-23(36-14)17-10-30-35(12-17)19-4-5-19)26-32-24(20-6-3-18(27)8-22(20)28)21-7-16(9-29)15(2)31-25(21)33-26/h3,6-8,10,12,14,19,23H,4-5,11,13H2,1-2H3. The van der Waals surface area contributed by atoms with Crippen molar-refractivity contribution in [3.63, 3.8) is 0 Å². The highest BCUT2D eigenvalue weighted by Crippen LogP contribution is 2.36. The largest absolute Gasteiger partial charge is 0.367 e. The van der Waals surface area contributed by atoms with Crippen LogP contribution in [-0.2, 0) is 4.74 Å². The van der Waals surface area contributed by atoms with Gasteiger partial charge in [0.2, 0.25) is 5.95 Å². The van der Waals surface area contributed by atoms with Crippen LogP contribution in [0, 0.1) is 29.9 Å². The Morgan fingerprint density at radius 1 is 1.11 bits per heavy atom. The van der Waals surface area contributed by atoms with E-state index in [1.54, 1.807) is 13.0 Å². The lowest BCUT2D eigenvalue weighted by Gasteiger charge is -2.36. The molecule has 4 heterocycles. The lowest BCUT2D eigenvalue weighted by molar-refractivity contribution is -0.0178. The Labute approximate surface area is 206 Å². The number of pyridine rings is 1. The van der Waals surface area contributed by atoms with E-state index in [0.717, 1.165) is 24.5 Å². The third-order valence-corrected chi connectivity index (χ3v) is 6.63. The van der Waals surface area contributed by atoms with Crippen LogP contribution in [0.5, 0.6) is 0 Å². The predicted molar refractivity (Wildman–Crippen MR) is 128 cm³/mol. The number of fused-ring (bicyclic) bond motifs is 1. The van der Waals surface area contributed by atoms with E-state index in [4.69, 9.17) is 14.7 Å². The number of benzene rings is 1. The summed E-state index contributed by atoms with van der Waals surface area (Å²) in [4.78, 5) is 15.9. The molecule has 36 heavy (non-hydrogen) atoms. The van der Waals surface area contributed by atoms with Crippen LogP contribution in [0.4, 0.5) is 14.7 Å². The molecule has 4 aromatic rings. The monoisotopic (exact) mass is 487 g/mol. The first kappa shape index (κ1) is 22.5. The number of morpholine rings is 1. The summed E-state index contributed by atoms with van der Waals surface area (Å²) >= 11 is 0. The van der Waals surface area contributed by atoms with Crippen molar-refractivity contribution in [2.24, 2.45) is 0 Å². The number of aryl methyl sites for hydroxylation is 1. The van der Waals surface area contributed by atoms with Gasteiger partial charge in [0.15, 0.2) is 5.65 Å². The number of ether oxygens (including phenoxy) is 1. The van der Waals surface area contributed by atoms with Crippen LogP contribution in [0.2, 0.25) is 0 Å². The lowest BCUT2D eigenvalue weighted by Crippen LogP contribution is -2.43. The molecule has 1 aromatic carbocycles. The lowest BCUT2D eigenvalue weighted by atomic mass is 10.1. The van der Waals surface area contributed by atoms with Crippen molar-refractivity contribution in [3.05, 3.63) is 65.1 Å². The van der Waals surface area contributed by atoms with Gasteiger partial charge in [0.1, 0.15) is 23.8 Å². The van der Waals surface area contributed by atoms with Crippen molar-refractivity contribution in [2.45, 2.75) is 44.9 Å². The maximum atomic E-state index is 14.9. The minimum Gasteiger partial charge on any atom is -0.367 e. The molecular weight excluding hydrogens is 464 g/mol. The second kappa shape index (κ2) is 8.60. The average Bonchev–Trinajstić information content (AvgIpc) is 3.59. The first-order valence-corrected chi connectivity index (χ1v) is 11.9. The number of rotatable bonds is 4. The molecule has 1 aliphatic heterocycles. The van der Waals surface area contributed by atoms with Gasteiger partial charge in [0.05, 0.1) is 41.8 Å². The maximum Gasteiger partial charge on any atom is 0.228 e. The number of anilines is 1. The molecule has 2 fully saturated rings. The average molecular weight is 488 g/mol. The topological polar surface area (TPSA) is 92.8 Å². The summed E-state index contributed by atoms with van der Waals surface area (Å²) in [5, 5.41) is 14.4. The highest BCUT2D eigenvalue weighted by molar-refractivity contribution is 5.92. The minimum atomic E-state index is -0.749. The fourth-order valence-electron chi connectivity index (χ4n) is 4.63. The van der Waals surface area contributed by atoms with E-state index < -0.39 is 11.6 Å². The highest BCUT2D eigenvalue weighted by Gasteiger charge is 2.31. The SMILES string of the molecule is Cc1nc2nc(N3CC(C)OC(c4cnn(C5CC5)c4)C3)nc(-c3ccc(F)cc3F)c2cc1C#N. The van der Waals surface area contributed by atoms with Crippen LogP contribution in [0.3, 0.4) is 0 Å². The van der Waals surface area contributed by atoms with E-state index in [-0.39, 0.29) is 23.5 Å². The Morgan fingerprint density at radius 2 is 1.94 bits per heavy atom. The number of hydrogen-bond acceptors (Lipinski definition) is 7. The van der Waals surface area contributed by atoms with Gasteiger partial charge in [0, 0.05) is 35.3 Å². The molecule has 182 valence electrons. The van der Waals surface area contributed by atoms with Crippen molar-refractivity contribution >= 4 is 17.0 Å². The first-order valence-electron chi connectivity index (χ1n) is 11.9. The van der Waals surface area contributed by atoms with Crippen LogP contribution < -0.4 is 4.90 Å². The van der Waals surface area contributed by atoms with Crippen molar-refractivity contribution in [1.82, 2.24) is 24.7 Å². The van der Waals surface area contributed by atoms with Crippen molar-refractivity contribution in [2.75, 3.05) is 18.0 Å². The van der Waals surface area contributed by atoms with Gasteiger partial charge >= 0.3 is 0 Å². The predicted octanol–water partition coefficient (Wildman–Crippen LogP) is 4.65. The molecule has 0 radical (unpaired) electrons. The summed E-state index contributed by atoms with van der Waals surface area (Å²) in [5.41, 5.74) is 2.55. The quantitative estimate of drug-likeness (QED) is 0.414. The second-order valence-electron chi connectivity index (χ2n) is 9.43. The molecule has 1 saturated heterocycles. The fraction of sp³-hybridized carbons (Fsp3) is 0.346. The van der Waals surface area contributed by atoms with Gasteiger partial charge in [0.25, 0.3) is 0 Å². The summed E-state index contributed by atoms with van der Waals surface area (Å²) in [5.74, 6) is -1.06. The molecule has 0 bridgehead atoms. The molecule has 2 unspecified atom stereocenters. The minimum absolute atomic E-state index is 0.114. The summed E-state index contributed by atoms with van der Waals surface area (Å²) in [6.45, 7) is 4.71. The molecule has 0 spiro atoms. The molecule has 0 amide bonds. The molecule has 2 aliphatic rings. The van der Waals surface area contributed by atoms with Gasteiger partial charge in [-0.15, -0.1) is 0 Å². The Bertz CT molecular complexity index is 1520. The second-order valence-corrected chi connectivity index (χ2v) is 9.43. The third kappa shape index (κ3) is 4.05.